The molecule has 2 heteroatoms. The van der Waals surface area contributed by atoms with Crippen LogP contribution in [-0.4, -0.2) is 18.5 Å². The molecule has 0 bridgehead atoms. The molecular weight excluding hydrogens is 220 g/mol. The van der Waals surface area contributed by atoms with Gasteiger partial charge in [-0.25, -0.2) is 0 Å². The molecule has 3 aliphatic rings. The summed E-state index contributed by atoms with van der Waals surface area (Å²) < 4.78 is 0. The molecule has 1 fully saturated rings. The summed E-state index contributed by atoms with van der Waals surface area (Å²) in [6, 6.07) is 2.31. The van der Waals surface area contributed by atoms with Gasteiger partial charge in [0.25, 0.3) is 0 Å². The van der Waals surface area contributed by atoms with E-state index in [4.69, 9.17) is 5.73 Å². The van der Waals surface area contributed by atoms with E-state index >= 15 is 0 Å². The van der Waals surface area contributed by atoms with Crippen molar-refractivity contribution in [3.05, 3.63) is 28.3 Å². The summed E-state index contributed by atoms with van der Waals surface area (Å²) in [5.41, 5.74) is 13.9. The van der Waals surface area contributed by atoms with Gasteiger partial charge in [-0.05, 0) is 79.3 Å². The van der Waals surface area contributed by atoms with E-state index in [9.17, 15) is 0 Å². The van der Waals surface area contributed by atoms with Crippen molar-refractivity contribution in [2.75, 3.05) is 19.3 Å². The molecule has 0 radical (unpaired) electrons. The molecule has 2 aliphatic carbocycles. The van der Waals surface area contributed by atoms with E-state index in [1.807, 2.05) is 0 Å². The molecule has 0 aromatic heterocycles. The third-order valence-electron chi connectivity index (χ3n) is 4.99. The predicted molar refractivity (Wildman–Crippen MR) is 74.8 cm³/mol. The predicted octanol–water partition coefficient (Wildman–Crippen LogP) is 3.01. The zero-order chi connectivity index (χ0) is 12.3. The first kappa shape index (κ1) is 10.9. The standard InChI is InChI=1S/C16H22N2/c1-18-8-12-4-2-3-11-7-14(17)16(10-5-6-10)13(9-18)15(11)12/h7,10,12H,2-6,8-9,17H2,1H3. The van der Waals surface area contributed by atoms with Crippen LogP contribution in [0.1, 0.15) is 59.8 Å². The number of likely N-dealkylation sites (N-methyl/N-ethyl adjacent to an activating group) is 1. The van der Waals surface area contributed by atoms with E-state index in [2.05, 4.69) is 18.0 Å². The fourth-order valence-electron chi connectivity index (χ4n) is 4.17. The molecular formula is C16H22N2. The lowest BCUT2D eigenvalue weighted by Crippen LogP contribution is -2.34. The van der Waals surface area contributed by atoms with E-state index in [-0.39, 0.29) is 0 Å². The van der Waals surface area contributed by atoms with E-state index in [0.29, 0.717) is 0 Å². The number of nitrogen functional groups attached to an aromatic ring is 1. The summed E-state index contributed by atoms with van der Waals surface area (Å²) in [6.45, 7) is 2.36. The number of hydrogen-bond donors (Lipinski definition) is 1. The van der Waals surface area contributed by atoms with Crippen LogP contribution in [0.5, 0.6) is 0 Å². The van der Waals surface area contributed by atoms with E-state index in [0.717, 1.165) is 24.1 Å². The minimum absolute atomic E-state index is 0.777. The highest BCUT2D eigenvalue weighted by Crippen LogP contribution is 2.50. The van der Waals surface area contributed by atoms with Gasteiger partial charge in [-0.15, -0.1) is 0 Å². The molecule has 1 heterocycles. The highest BCUT2D eigenvalue weighted by molar-refractivity contribution is 5.62. The minimum Gasteiger partial charge on any atom is -0.398 e. The number of nitrogens with two attached hydrogens (primary N) is 1. The summed E-state index contributed by atoms with van der Waals surface area (Å²) >= 11 is 0. The van der Waals surface area contributed by atoms with Crippen LogP contribution in [-0.2, 0) is 13.0 Å². The molecule has 1 atom stereocenters. The maximum atomic E-state index is 6.36. The molecule has 4 rings (SSSR count). The third kappa shape index (κ3) is 1.51. The summed E-state index contributed by atoms with van der Waals surface area (Å²) in [7, 11) is 2.26. The van der Waals surface area contributed by atoms with Crippen molar-refractivity contribution in [1.82, 2.24) is 4.90 Å². The molecule has 1 aromatic rings. The van der Waals surface area contributed by atoms with Crippen LogP contribution < -0.4 is 5.73 Å². The van der Waals surface area contributed by atoms with Crippen molar-refractivity contribution in [3.8, 4) is 0 Å². The number of rotatable bonds is 1. The number of benzene rings is 1. The van der Waals surface area contributed by atoms with Gasteiger partial charge in [-0.2, -0.15) is 0 Å². The quantitative estimate of drug-likeness (QED) is 0.767. The number of hydrogen-bond acceptors (Lipinski definition) is 2. The molecule has 0 saturated heterocycles. The van der Waals surface area contributed by atoms with Crippen molar-refractivity contribution in [2.24, 2.45) is 0 Å². The van der Waals surface area contributed by atoms with Crippen LogP contribution in [0.15, 0.2) is 6.07 Å². The van der Waals surface area contributed by atoms with Crippen molar-refractivity contribution in [1.29, 1.82) is 0 Å². The van der Waals surface area contributed by atoms with Crippen LogP contribution in [0.2, 0.25) is 0 Å². The van der Waals surface area contributed by atoms with Crippen LogP contribution in [0, 0.1) is 0 Å². The molecule has 2 N–H and O–H groups in total. The Bertz CT molecular complexity index is 502. The lowest BCUT2D eigenvalue weighted by Gasteiger charge is -2.38. The smallest absolute Gasteiger partial charge is 0.0355 e. The van der Waals surface area contributed by atoms with Crippen molar-refractivity contribution >= 4 is 5.69 Å². The van der Waals surface area contributed by atoms with Crippen molar-refractivity contribution in [2.45, 2.75) is 50.5 Å². The highest BCUT2D eigenvalue weighted by atomic mass is 15.1. The first-order valence-corrected chi connectivity index (χ1v) is 7.36. The Labute approximate surface area is 109 Å². The summed E-state index contributed by atoms with van der Waals surface area (Å²) in [6.07, 6.45) is 6.66. The van der Waals surface area contributed by atoms with Gasteiger partial charge in [0, 0.05) is 18.8 Å². The first-order chi connectivity index (χ1) is 8.74. The maximum Gasteiger partial charge on any atom is 0.0355 e. The van der Waals surface area contributed by atoms with E-state index in [1.165, 1.54) is 44.2 Å². The Hall–Kier alpha value is -1.02. The van der Waals surface area contributed by atoms with E-state index in [1.54, 1.807) is 16.7 Å². The van der Waals surface area contributed by atoms with Gasteiger partial charge in [-0.1, -0.05) is 0 Å². The second-order valence-corrected chi connectivity index (χ2v) is 6.49. The van der Waals surface area contributed by atoms with Crippen molar-refractivity contribution < 1.29 is 0 Å². The SMILES string of the molecule is CN1Cc2c(C3CC3)c(N)cc3c2C(CCC3)C1. The molecule has 18 heavy (non-hydrogen) atoms. The number of anilines is 1. The monoisotopic (exact) mass is 242 g/mol. The Balaban J connectivity index is 1.94. The highest BCUT2D eigenvalue weighted by Gasteiger charge is 2.35. The normalized spacial score (nSPS) is 27.1. The maximum absolute atomic E-state index is 6.36. The van der Waals surface area contributed by atoms with Crippen LogP contribution >= 0.6 is 0 Å². The van der Waals surface area contributed by atoms with Gasteiger partial charge in [0.1, 0.15) is 0 Å². The summed E-state index contributed by atoms with van der Waals surface area (Å²) in [5, 5.41) is 0. The zero-order valence-corrected chi connectivity index (χ0v) is 11.2. The molecule has 0 spiro atoms. The molecule has 0 amide bonds. The number of nitrogens with zero attached hydrogens (tertiary/aromatic N) is 1. The fourth-order valence-corrected chi connectivity index (χ4v) is 4.17. The van der Waals surface area contributed by atoms with Crippen LogP contribution in [0.25, 0.3) is 0 Å². The third-order valence-corrected chi connectivity index (χ3v) is 4.99. The molecule has 1 aromatic carbocycles. The molecule has 1 unspecified atom stereocenters. The van der Waals surface area contributed by atoms with Gasteiger partial charge >= 0.3 is 0 Å². The Morgan fingerprint density at radius 1 is 1.17 bits per heavy atom. The van der Waals surface area contributed by atoms with Gasteiger partial charge in [0.2, 0.25) is 0 Å². The summed E-state index contributed by atoms with van der Waals surface area (Å²) in [5.74, 6) is 1.56. The Kier molecular flexibility index (Phi) is 2.25. The zero-order valence-electron chi connectivity index (χ0n) is 11.2. The second kappa shape index (κ2) is 3.74. The molecule has 2 nitrogen and oxygen atoms in total. The molecule has 1 aliphatic heterocycles. The minimum atomic E-state index is 0.777. The molecule has 1 saturated carbocycles. The van der Waals surface area contributed by atoms with Gasteiger partial charge in [0.15, 0.2) is 0 Å². The lowest BCUT2D eigenvalue weighted by molar-refractivity contribution is 0.265. The average Bonchev–Trinajstić information content (AvgIpc) is 3.12. The van der Waals surface area contributed by atoms with Gasteiger partial charge in [0.05, 0.1) is 0 Å². The Morgan fingerprint density at radius 2 is 2.00 bits per heavy atom. The summed E-state index contributed by atoms with van der Waals surface area (Å²) in [4.78, 5) is 2.49. The van der Waals surface area contributed by atoms with E-state index < -0.39 is 0 Å². The average molecular weight is 242 g/mol. The topological polar surface area (TPSA) is 29.3 Å². The number of aryl methyl sites for hydroxylation is 1. The largest absolute Gasteiger partial charge is 0.398 e. The van der Waals surface area contributed by atoms with Gasteiger partial charge in [-0.3, -0.25) is 0 Å². The van der Waals surface area contributed by atoms with Crippen LogP contribution in [0.4, 0.5) is 5.69 Å². The fraction of sp³-hybridized carbons (Fsp3) is 0.625. The van der Waals surface area contributed by atoms with Crippen molar-refractivity contribution in [3.63, 3.8) is 0 Å². The van der Waals surface area contributed by atoms with Gasteiger partial charge < -0.3 is 10.6 Å². The molecule has 96 valence electrons. The first-order valence-electron chi connectivity index (χ1n) is 7.36. The lowest BCUT2D eigenvalue weighted by atomic mass is 9.75. The Morgan fingerprint density at radius 3 is 2.78 bits per heavy atom. The van der Waals surface area contributed by atoms with Crippen LogP contribution in [0.3, 0.4) is 0 Å². The second-order valence-electron chi connectivity index (χ2n) is 6.49.